The summed E-state index contributed by atoms with van der Waals surface area (Å²) in [6.07, 6.45) is 0. The molecule has 0 aliphatic heterocycles. The predicted molar refractivity (Wildman–Crippen MR) is 56.5 cm³/mol. The van der Waals surface area contributed by atoms with Gasteiger partial charge in [-0.05, 0) is 24.6 Å². The summed E-state index contributed by atoms with van der Waals surface area (Å²) in [7, 11) is 0. The van der Waals surface area contributed by atoms with E-state index in [1.807, 2.05) is 13.0 Å². The van der Waals surface area contributed by atoms with Crippen LogP contribution in [0.25, 0.3) is 0 Å². The molecule has 78 valence electrons. The Bertz CT molecular complexity index is 291. The van der Waals surface area contributed by atoms with E-state index in [0.29, 0.717) is 23.9 Å². The first-order valence-electron chi connectivity index (χ1n) is 4.47. The molecule has 0 radical (unpaired) electrons. The third-order valence-electron chi connectivity index (χ3n) is 1.73. The summed E-state index contributed by atoms with van der Waals surface area (Å²) in [5.41, 5.74) is 6.45. The summed E-state index contributed by atoms with van der Waals surface area (Å²) in [6, 6.07) is 5.47. The lowest BCUT2D eigenvalue weighted by molar-refractivity contribution is 0.0224. The molecule has 1 aromatic rings. The lowest BCUT2D eigenvalue weighted by Crippen LogP contribution is -2.03. The standard InChI is InChI=1S/C10H14ClNO2/c1-2-13-7-14-10-4-3-8(6-12)5-9(10)11/h3-5H,2,6-7,12H2,1H3. The summed E-state index contributed by atoms with van der Waals surface area (Å²) >= 11 is 5.95. The summed E-state index contributed by atoms with van der Waals surface area (Å²) in [4.78, 5) is 0. The topological polar surface area (TPSA) is 44.5 Å². The molecule has 0 aliphatic rings. The second-order valence-electron chi connectivity index (χ2n) is 2.72. The Hall–Kier alpha value is -0.770. The lowest BCUT2D eigenvalue weighted by atomic mass is 10.2. The van der Waals surface area contributed by atoms with E-state index < -0.39 is 0 Å². The predicted octanol–water partition coefficient (Wildman–Crippen LogP) is 2.17. The molecule has 4 heteroatoms. The van der Waals surface area contributed by atoms with Crippen LogP contribution >= 0.6 is 11.6 Å². The average molecular weight is 216 g/mol. The Morgan fingerprint density at radius 3 is 2.79 bits per heavy atom. The van der Waals surface area contributed by atoms with Crippen molar-refractivity contribution in [1.29, 1.82) is 0 Å². The van der Waals surface area contributed by atoms with Crippen molar-refractivity contribution in [3.63, 3.8) is 0 Å². The quantitative estimate of drug-likeness (QED) is 0.605. The van der Waals surface area contributed by atoms with E-state index in [1.54, 1.807) is 12.1 Å². The Morgan fingerprint density at radius 1 is 1.43 bits per heavy atom. The number of halogens is 1. The van der Waals surface area contributed by atoms with Crippen LogP contribution in [0.5, 0.6) is 5.75 Å². The molecule has 2 N–H and O–H groups in total. The number of benzene rings is 1. The zero-order chi connectivity index (χ0) is 10.4. The molecule has 0 aliphatic carbocycles. The summed E-state index contributed by atoms with van der Waals surface area (Å²) < 4.78 is 10.3. The summed E-state index contributed by atoms with van der Waals surface area (Å²) in [6.45, 7) is 3.23. The minimum absolute atomic E-state index is 0.220. The second kappa shape index (κ2) is 5.86. The summed E-state index contributed by atoms with van der Waals surface area (Å²) in [5, 5.41) is 0.563. The van der Waals surface area contributed by atoms with Crippen LogP contribution in [0.2, 0.25) is 5.02 Å². The second-order valence-corrected chi connectivity index (χ2v) is 3.13. The molecule has 3 nitrogen and oxygen atoms in total. The molecule has 0 bridgehead atoms. The number of nitrogens with two attached hydrogens (primary N) is 1. The highest BCUT2D eigenvalue weighted by Crippen LogP contribution is 2.25. The normalized spacial score (nSPS) is 10.2. The molecule has 0 aromatic heterocycles. The largest absolute Gasteiger partial charge is 0.466 e. The Labute approximate surface area is 88.8 Å². The van der Waals surface area contributed by atoms with Crippen LogP contribution in [-0.2, 0) is 11.3 Å². The van der Waals surface area contributed by atoms with E-state index in [-0.39, 0.29) is 6.79 Å². The van der Waals surface area contributed by atoms with E-state index in [4.69, 9.17) is 26.8 Å². The Kier molecular flexibility index (Phi) is 4.73. The highest BCUT2D eigenvalue weighted by molar-refractivity contribution is 6.32. The number of rotatable bonds is 5. The van der Waals surface area contributed by atoms with Crippen LogP contribution in [0, 0.1) is 0 Å². The lowest BCUT2D eigenvalue weighted by Gasteiger charge is -2.08. The first-order chi connectivity index (χ1) is 6.77. The van der Waals surface area contributed by atoms with Crippen molar-refractivity contribution < 1.29 is 9.47 Å². The van der Waals surface area contributed by atoms with E-state index in [0.717, 1.165) is 5.56 Å². The molecule has 0 saturated carbocycles. The first kappa shape index (κ1) is 11.3. The van der Waals surface area contributed by atoms with Gasteiger partial charge in [-0.15, -0.1) is 0 Å². The van der Waals surface area contributed by atoms with Gasteiger partial charge in [0, 0.05) is 13.2 Å². The Morgan fingerprint density at radius 2 is 2.21 bits per heavy atom. The van der Waals surface area contributed by atoms with Gasteiger partial charge < -0.3 is 15.2 Å². The maximum absolute atomic E-state index is 5.95. The third-order valence-corrected chi connectivity index (χ3v) is 2.03. The van der Waals surface area contributed by atoms with Crippen LogP contribution in [0.3, 0.4) is 0 Å². The van der Waals surface area contributed by atoms with Crippen LogP contribution in [0.15, 0.2) is 18.2 Å². The molecule has 0 amide bonds. The van der Waals surface area contributed by atoms with Crippen LogP contribution in [0.4, 0.5) is 0 Å². The van der Waals surface area contributed by atoms with Gasteiger partial charge in [0.1, 0.15) is 5.75 Å². The summed E-state index contributed by atoms with van der Waals surface area (Å²) in [5.74, 6) is 0.623. The van der Waals surface area contributed by atoms with E-state index >= 15 is 0 Å². The molecule has 1 aromatic carbocycles. The maximum atomic E-state index is 5.95. The van der Waals surface area contributed by atoms with Crippen LogP contribution in [0.1, 0.15) is 12.5 Å². The fourth-order valence-corrected chi connectivity index (χ4v) is 1.23. The molecule has 0 unspecified atom stereocenters. The molecule has 0 spiro atoms. The number of hydrogen-bond acceptors (Lipinski definition) is 3. The van der Waals surface area contributed by atoms with Crippen LogP contribution < -0.4 is 10.5 Å². The highest BCUT2D eigenvalue weighted by Gasteiger charge is 2.01. The van der Waals surface area contributed by atoms with Crippen molar-refractivity contribution in [2.45, 2.75) is 13.5 Å². The minimum Gasteiger partial charge on any atom is -0.466 e. The fourth-order valence-electron chi connectivity index (χ4n) is 0.977. The van der Waals surface area contributed by atoms with E-state index in [2.05, 4.69) is 0 Å². The van der Waals surface area contributed by atoms with E-state index in [9.17, 15) is 0 Å². The van der Waals surface area contributed by atoms with Gasteiger partial charge in [0.25, 0.3) is 0 Å². The first-order valence-corrected chi connectivity index (χ1v) is 4.84. The maximum Gasteiger partial charge on any atom is 0.189 e. The molecule has 0 atom stereocenters. The van der Waals surface area contributed by atoms with Crippen molar-refractivity contribution in [3.05, 3.63) is 28.8 Å². The van der Waals surface area contributed by atoms with Gasteiger partial charge in [-0.3, -0.25) is 0 Å². The van der Waals surface area contributed by atoms with Crippen molar-refractivity contribution in [1.82, 2.24) is 0 Å². The zero-order valence-electron chi connectivity index (χ0n) is 8.13. The van der Waals surface area contributed by atoms with Crippen LogP contribution in [-0.4, -0.2) is 13.4 Å². The van der Waals surface area contributed by atoms with Crippen molar-refractivity contribution in [3.8, 4) is 5.75 Å². The third kappa shape index (κ3) is 3.18. The number of ether oxygens (including phenoxy) is 2. The van der Waals surface area contributed by atoms with Gasteiger partial charge in [-0.25, -0.2) is 0 Å². The van der Waals surface area contributed by atoms with Crippen molar-refractivity contribution in [2.24, 2.45) is 5.73 Å². The molecule has 0 heterocycles. The molecule has 0 fully saturated rings. The highest BCUT2D eigenvalue weighted by atomic mass is 35.5. The monoisotopic (exact) mass is 215 g/mol. The molecule has 14 heavy (non-hydrogen) atoms. The minimum atomic E-state index is 0.220. The molecule has 0 saturated heterocycles. The van der Waals surface area contributed by atoms with Gasteiger partial charge >= 0.3 is 0 Å². The Balaban J connectivity index is 2.59. The molecular weight excluding hydrogens is 202 g/mol. The zero-order valence-corrected chi connectivity index (χ0v) is 8.88. The van der Waals surface area contributed by atoms with Gasteiger partial charge in [-0.1, -0.05) is 17.7 Å². The molecule has 1 rings (SSSR count). The molecular formula is C10H14ClNO2. The smallest absolute Gasteiger partial charge is 0.189 e. The van der Waals surface area contributed by atoms with Gasteiger partial charge in [0.2, 0.25) is 0 Å². The number of hydrogen-bond donors (Lipinski definition) is 1. The average Bonchev–Trinajstić information content (AvgIpc) is 2.20. The van der Waals surface area contributed by atoms with Crippen molar-refractivity contribution >= 4 is 11.6 Å². The van der Waals surface area contributed by atoms with Gasteiger partial charge in [-0.2, -0.15) is 0 Å². The van der Waals surface area contributed by atoms with Crippen molar-refractivity contribution in [2.75, 3.05) is 13.4 Å². The fraction of sp³-hybridized carbons (Fsp3) is 0.400. The van der Waals surface area contributed by atoms with E-state index in [1.165, 1.54) is 0 Å². The van der Waals surface area contributed by atoms with Gasteiger partial charge in [0.05, 0.1) is 5.02 Å². The SMILES string of the molecule is CCOCOc1ccc(CN)cc1Cl. The van der Waals surface area contributed by atoms with Gasteiger partial charge in [0.15, 0.2) is 6.79 Å².